The van der Waals surface area contributed by atoms with Crippen LogP contribution in [0.1, 0.15) is 56.2 Å². The molecule has 3 heterocycles. The normalized spacial score (nSPS) is 22.7. The van der Waals surface area contributed by atoms with E-state index in [0.717, 1.165) is 38.3 Å². The van der Waals surface area contributed by atoms with E-state index < -0.39 is 0 Å². The standard InChI is InChI=1S/C17H25N3O/c1-13-11-17(19-8-5-6-9-19)18-12-15(13)16-7-3-4-10-20(16)14(2)21/h11-12,16H,3-10H2,1-2H3. The molecular weight excluding hydrogens is 262 g/mol. The molecule has 1 aromatic rings. The minimum Gasteiger partial charge on any atom is -0.357 e. The van der Waals surface area contributed by atoms with Gasteiger partial charge in [0.25, 0.3) is 0 Å². The lowest BCUT2D eigenvalue weighted by Crippen LogP contribution is -2.37. The van der Waals surface area contributed by atoms with Crippen molar-refractivity contribution < 1.29 is 4.79 Å². The molecule has 0 N–H and O–H groups in total. The predicted molar refractivity (Wildman–Crippen MR) is 84.4 cm³/mol. The summed E-state index contributed by atoms with van der Waals surface area (Å²) in [6.45, 7) is 6.96. The van der Waals surface area contributed by atoms with Gasteiger partial charge >= 0.3 is 0 Å². The summed E-state index contributed by atoms with van der Waals surface area (Å²) in [7, 11) is 0. The van der Waals surface area contributed by atoms with Gasteiger partial charge < -0.3 is 9.80 Å². The number of hydrogen-bond donors (Lipinski definition) is 0. The molecule has 2 aliphatic heterocycles. The van der Waals surface area contributed by atoms with Gasteiger partial charge in [-0.1, -0.05) is 0 Å². The predicted octanol–water partition coefficient (Wildman–Crippen LogP) is 3.06. The molecule has 1 amide bonds. The highest BCUT2D eigenvalue weighted by Crippen LogP contribution is 2.33. The van der Waals surface area contributed by atoms with Crippen LogP contribution in [-0.4, -0.2) is 35.4 Å². The van der Waals surface area contributed by atoms with E-state index in [1.165, 1.54) is 30.4 Å². The number of rotatable bonds is 2. The zero-order valence-electron chi connectivity index (χ0n) is 13.1. The Labute approximate surface area is 127 Å². The maximum atomic E-state index is 11.9. The van der Waals surface area contributed by atoms with E-state index in [1.54, 1.807) is 6.92 Å². The van der Waals surface area contributed by atoms with Gasteiger partial charge in [0.15, 0.2) is 0 Å². The topological polar surface area (TPSA) is 36.4 Å². The molecule has 114 valence electrons. The van der Waals surface area contributed by atoms with Gasteiger partial charge in [0, 0.05) is 32.8 Å². The van der Waals surface area contributed by atoms with Gasteiger partial charge in [-0.25, -0.2) is 4.98 Å². The molecule has 2 aliphatic rings. The Hall–Kier alpha value is -1.58. The van der Waals surface area contributed by atoms with E-state index in [-0.39, 0.29) is 11.9 Å². The van der Waals surface area contributed by atoms with E-state index in [4.69, 9.17) is 0 Å². The molecule has 0 aromatic carbocycles. The third kappa shape index (κ3) is 2.89. The fraction of sp³-hybridized carbons (Fsp3) is 0.647. The number of aromatic nitrogens is 1. The number of likely N-dealkylation sites (tertiary alicyclic amines) is 1. The number of carbonyl (C=O) groups excluding carboxylic acids is 1. The molecule has 0 spiro atoms. The van der Waals surface area contributed by atoms with Gasteiger partial charge in [0.05, 0.1) is 6.04 Å². The molecule has 0 bridgehead atoms. The highest BCUT2D eigenvalue weighted by atomic mass is 16.2. The van der Waals surface area contributed by atoms with E-state index in [1.807, 2.05) is 11.1 Å². The molecule has 0 saturated carbocycles. The summed E-state index contributed by atoms with van der Waals surface area (Å²) in [5.41, 5.74) is 2.50. The molecule has 0 aliphatic carbocycles. The lowest BCUT2D eigenvalue weighted by Gasteiger charge is -2.36. The van der Waals surface area contributed by atoms with Crippen LogP contribution in [0.2, 0.25) is 0 Å². The average molecular weight is 287 g/mol. The van der Waals surface area contributed by atoms with Crippen molar-refractivity contribution in [2.24, 2.45) is 0 Å². The van der Waals surface area contributed by atoms with Crippen LogP contribution in [0.5, 0.6) is 0 Å². The number of pyridine rings is 1. The Balaban J connectivity index is 1.85. The molecule has 21 heavy (non-hydrogen) atoms. The molecule has 1 aromatic heterocycles. The SMILES string of the molecule is CC(=O)N1CCCCC1c1cnc(N2CCCC2)cc1C. The summed E-state index contributed by atoms with van der Waals surface area (Å²) in [6.07, 6.45) is 7.92. The van der Waals surface area contributed by atoms with Crippen molar-refractivity contribution in [2.45, 2.75) is 52.0 Å². The zero-order chi connectivity index (χ0) is 14.8. The van der Waals surface area contributed by atoms with E-state index in [0.29, 0.717) is 0 Å². The highest BCUT2D eigenvalue weighted by molar-refractivity contribution is 5.74. The quantitative estimate of drug-likeness (QED) is 0.839. The third-order valence-electron chi connectivity index (χ3n) is 4.83. The number of piperidine rings is 1. The van der Waals surface area contributed by atoms with Crippen molar-refractivity contribution in [1.29, 1.82) is 0 Å². The van der Waals surface area contributed by atoms with E-state index in [2.05, 4.69) is 22.9 Å². The van der Waals surface area contributed by atoms with Gasteiger partial charge in [-0.05, 0) is 56.2 Å². The Bertz CT molecular complexity index is 523. The van der Waals surface area contributed by atoms with Gasteiger partial charge in [0.1, 0.15) is 5.82 Å². The summed E-state index contributed by atoms with van der Waals surface area (Å²) in [4.78, 5) is 20.9. The highest BCUT2D eigenvalue weighted by Gasteiger charge is 2.27. The van der Waals surface area contributed by atoms with E-state index >= 15 is 0 Å². The van der Waals surface area contributed by atoms with Crippen LogP contribution in [-0.2, 0) is 4.79 Å². The monoisotopic (exact) mass is 287 g/mol. The number of anilines is 1. The van der Waals surface area contributed by atoms with Crippen LogP contribution in [0.4, 0.5) is 5.82 Å². The van der Waals surface area contributed by atoms with Crippen LogP contribution >= 0.6 is 0 Å². The van der Waals surface area contributed by atoms with Crippen molar-refractivity contribution in [1.82, 2.24) is 9.88 Å². The first-order valence-corrected chi connectivity index (χ1v) is 8.15. The average Bonchev–Trinajstić information content (AvgIpc) is 3.01. The Morgan fingerprint density at radius 2 is 1.90 bits per heavy atom. The Kier molecular flexibility index (Phi) is 4.13. The lowest BCUT2D eigenvalue weighted by atomic mass is 9.93. The first-order valence-electron chi connectivity index (χ1n) is 8.15. The largest absolute Gasteiger partial charge is 0.357 e. The number of amides is 1. The number of carbonyl (C=O) groups is 1. The molecular formula is C17H25N3O. The fourth-order valence-corrected chi connectivity index (χ4v) is 3.65. The molecule has 2 fully saturated rings. The van der Waals surface area contributed by atoms with Gasteiger partial charge in [-0.3, -0.25) is 4.79 Å². The lowest BCUT2D eigenvalue weighted by molar-refractivity contribution is -0.132. The molecule has 4 nitrogen and oxygen atoms in total. The van der Waals surface area contributed by atoms with E-state index in [9.17, 15) is 4.79 Å². The van der Waals surface area contributed by atoms with Crippen molar-refractivity contribution in [2.75, 3.05) is 24.5 Å². The maximum absolute atomic E-state index is 11.9. The second-order valence-electron chi connectivity index (χ2n) is 6.32. The van der Waals surface area contributed by atoms with Gasteiger partial charge in [-0.2, -0.15) is 0 Å². The minimum atomic E-state index is 0.183. The van der Waals surface area contributed by atoms with Gasteiger partial charge in [0.2, 0.25) is 5.91 Å². The van der Waals surface area contributed by atoms with Gasteiger partial charge in [-0.15, -0.1) is 0 Å². The molecule has 4 heteroatoms. The van der Waals surface area contributed by atoms with Crippen LogP contribution in [0, 0.1) is 6.92 Å². The number of aryl methyl sites for hydroxylation is 1. The van der Waals surface area contributed by atoms with Crippen LogP contribution in [0.25, 0.3) is 0 Å². The summed E-state index contributed by atoms with van der Waals surface area (Å²) in [5, 5.41) is 0. The van der Waals surface area contributed by atoms with Crippen LogP contribution in [0.15, 0.2) is 12.3 Å². The smallest absolute Gasteiger partial charge is 0.219 e. The Morgan fingerprint density at radius 1 is 1.19 bits per heavy atom. The second kappa shape index (κ2) is 6.04. The fourth-order valence-electron chi connectivity index (χ4n) is 3.65. The number of hydrogen-bond acceptors (Lipinski definition) is 3. The van der Waals surface area contributed by atoms with Crippen molar-refractivity contribution in [3.05, 3.63) is 23.4 Å². The van der Waals surface area contributed by atoms with Crippen molar-refractivity contribution in [3.63, 3.8) is 0 Å². The van der Waals surface area contributed by atoms with Crippen molar-refractivity contribution in [3.8, 4) is 0 Å². The van der Waals surface area contributed by atoms with Crippen LogP contribution < -0.4 is 4.90 Å². The summed E-state index contributed by atoms with van der Waals surface area (Å²) < 4.78 is 0. The Morgan fingerprint density at radius 3 is 2.57 bits per heavy atom. The minimum absolute atomic E-state index is 0.183. The van der Waals surface area contributed by atoms with Crippen LogP contribution in [0.3, 0.4) is 0 Å². The second-order valence-corrected chi connectivity index (χ2v) is 6.32. The molecule has 1 unspecified atom stereocenters. The molecule has 0 radical (unpaired) electrons. The molecule has 3 rings (SSSR count). The summed E-state index contributed by atoms with van der Waals surface area (Å²) >= 11 is 0. The number of nitrogens with zero attached hydrogens (tertiary/aromatic N) is 3. The summed E-state index contributed by atoms with van der Waals surface area (Å²) in [5.74, 6) is 1.28. The zero-order valence-corrected chi connectivity index (χ0v) is 13.1. The summed E-state index contributed by atoms with van der Waals surface area (Å²) in [6, 6.07) is 2.42. The molecule has 2 saturated heterocycles. The third-order valence-corrected chi connectivity index (χ3v) is 4.83. The molecule has 1 atom stereocenters. The first kappa shape index (κ1) is 14.4. The van der Waals surface area contributed by atoms with Crippen molar-refractivity contribution >= 4 is 11.7 Å². The first-order chi connectivity index (χ1) is 10.2. The maximum Gasteiger partial charge on any atom is 0.219 e.